The Hall–Kier alpha value is -2.07. The van der Waals surface area contributed by atoms with Crippen LogP contribution in [-0.2, 0) is 10.2 Å². The number of nitrogens with one attached hydrogen (secondary N) is 2. The maximum absolute atomic E-state index is 12.0. The second-order valence-electron chi connectivity index (χ2n) is 7.28. The molecule has 5 rings (SSSR count). The highest BCUT2D eigenvalue weighted by molar-refractivity contribution is 5.85. The number of para-hydroxylation sites is 1. The highest BCUT2D eigenvalue weighted by Gasteiger charge is 2.64. The number of benzene rings is 1. The molecule has 23 heavy (non-hydrogen) atoms. The molecular weight excluding hydrogens is 288 g/mol. The minimum Gasteiger partial charge on any atom is -0.506 e. The Morgan fingerprint density at radius 3 is 3.09 bits per heavy atom. The monoisotopic (exact) mass is 309 g/mol. The average molecular weight is 309 g/mol. The van der Waals surface area contributed by atoms with Crippen LogP contribution in [0.25, 0.3) is 0 Å². The van der Waals surface area contributed by atoms with Crippen molar-refractivity contribution in [3.05, 3.63) is 46.7 Å². The second kappa shape index (κ2) is 4.26. The van der Waals surface area contributed by atoms with E-state index in [0.717, 1.165) is 49.2 Å². The van der Waals surface area contributed by atoms with Gasteiger partial charge in [0, 0.05) is 30.0 Å². The first-order valence-electron chi connectivity index (χ1n) is 8.49. The molecule has 4 heteroatoms. The van der Waals surface area contributed by atoms with Gasteiger partial charge < -0.3 is 15.3 Å². The van der Waals surface area contributed by atoms with Crippen LogP contribution in [0.15, 0.2) is 41.1 Å². The molecule has 3 heterocycles. The highest BCUT2D eigenvalue weighted by Crippen LogP contribution is 2.58. The first kappa shape index (κ1) is 13.4. The molecule has 118 valence electrons. The van der Waals surface area contributed by atoms with Crippen molar-refractivity contribution in [2.75, 3.05) is 18.4 Å². The molecule has 3 N–H and O–H groups in total. The lowest BCUT2D eigenvalue weighted by Crippen LogP contribution is -3.16. The minimum absolute atomic E-state index is 0.102. The summed E-state index contributed by atoms with van der Waals surface area (Å²) in [6.07, 6.45) is 5.35. The molecule has 0 aromatic heterocycles. The van der Waals surface area contributed by atoms with Crippen molar-refractivity contribution in [1.29, 1.82) is 0 Å². The molecule has 0 radical (unpaired) electrons. The number of piperidine rings is 1. The first-order valence-corrected chi connectivity index (χ1v) is 8.49. The molecule has 2 saturated heterocycles. The lowest BCUT2D eigenvalue weighted by Gasteiger charge is -2.45. The lowest BCUT2D eigenvalue weighted by molar-refractivity contribution is -0.914. The number of carbonyl (C=O) groups excluding carboxylic acids is 1. The maximum atomic E-state index is 12.0. The number of rotatable bonds is 1. The van der Waals surface area contributed by atoms with Crippen LogP contribution in [0.4, 0.5) is 5.69 Å². The Kier molecular flexibility index (Phi) is 2.48. The van der Waals surface area contributed by atoms with E-state index in [1.165, 1.54) is 11.1 Å². The normalized spacial score (nSPS) is 38.3. The molecule has 2 bridgehead atoms. The zero-order valence-electron chi connectivity index (χ0n) is 13.2. The first-order chi connectivity index (χ1) is 11.2. The Labute approximate surface area is 135 Å². The van der Waals surface area contributed by atoms with Crippen LogP contribution in [0.1, 0.15) is 25.3 Å². The maximum Gasteiger partial charge on any atom is 0.148 e. The van der Waals surface area contributed by atoms with Gasteiger partial charge in [-0.05, 0) is 24.1 Å². The van der Waals surface area contributed by atoms with Crippen molar-refractivity contribution in [2.45, 2.75) is 31.2 Å². The molecule has 4 nitrogen and oxygen atoms in total. The summed E-state index contributed by atoms with van der Waals surface area (Å²) in [5.74, 6) is 0.537. The Balaban J connectivity index is 1.84. The predicted octanol–water partition coefficient (Wildman–Crippen LogP) is 1.15. The number of hydrogen-bond acceptors (Lipinski definition) is 3. The number of phenolic OH excluding ortho intramolecular Hbond substituents is 1. The molecule has 4 atom stereocenters. The summed E-state index contributed by atoms with van der Waals surface area (Å²) in [6.45, 7) is 4.26. The Bertz CT molecular complexity index is 795. The van der Waals surface area contributed by atoms with Gasteiger partial charge in [0.25, 0.3) is 0 Å². The van der Waals surface area contributed by atoms with E-state index in [-0.39, 0.29) is 11.3 Å². The third kappa shape index (κ3) is 1.39. The standard InChI is InChI=1S/C19H20N2O2/c1-2-11-9-21-7-6-19-14-4-3-5-15(23)17(14)20-18(19)13(10-22)12(11)8-16(19)21/h2-5,10,12,16,20,23H,6-9H2,1H3/p+1/b11-2-/t12-,16-,19+/m1/s1. The van der Waals surface area contributed by atoms with Gasteiger partial charge in [0.05, 0.1) is 24.2 Å². The van der Waals surface area contributed by atoms with Crippen LogP contribution in [0.2, 0.25) is 0 Å². The van der Waals surface area contributed by atoms with E-state index in [0.29, 0.717) is 11.8 Å². The zero-order chi connectivity index (χ0) is 15.8. The van der Waals surface area contributed by atoms with Crippen LogP contribution in [0.3, 0.4) is 0 Å². The topological polar surface area (TPSA) is 53.8 Å². The van der Waals surface area contributed by atoms with E-state index < -0.39 is 0 Å². The third-order valence-corrected chi connectivity index (χ3v) is 6.66. The van der Waals surface area contributed by atoms with Crippen molar-refractivity contribution >= 4 is 12.0 Å². The largest absolute Gasteiger partial charge is 0.506 e. The number of aromatic hydroxyl groups is 1. The molecule has 2 fully saturated rings. The SMILES string of the molecule is C/C=C1/C[NH+]2CC[C@@]34C(=C(C=O)[C@@H]1C[C@@H]23)Nc1c(O)cccc14. The number of anilines is 1. The van der Waals surface area contributed by atoms with Crippen molar-refractivity contribution in [3.8, 4) is 5.75 Å². The fourth-order valence-corrected chi connectivity index (χ4v) is 5.72. The number of allylic oxidation sites excluding steroid dienone is 2. The molecule has 3 aliphatic heterocycles. The number of hydrogen-bond donors (Lipinski definition) is 3. The third-order valence-electron chi connectivity index (χ3n) is 6.66. The van der Waals surface area contributed by atoms with Gasteiger partial charge in [-0.1, -0.05) is 18.2 Å². The fourth-order valence-electron chi connectivity index (χ4n) is 5.72. The van der Waals surface area contributed by atoms with E-state index in [4.69, 9.17) is 0 Å². The van der Waals surface area contributed by atoms with Gasteiger partial charge in [-0.15, -0.1) is 0 Å². The van der Waals surface area contributed by atoms with Crippen LogP contribution < -0.4 is 10.2 Å². The number of quaternary nitrogens is 1. The quantitative estimate of drug-likeness (QED) is 0.414. The van der Waals surface area contributed by atoms with Gasteiger partial charge in [-0.2, -0.15) is 0 Å². The predicted molar refractivity (Wildman–Crippen MR) is 87.5 cm³/mol. The summed E-state index contributed by atoms with van der Waals surface area (Å²) in [5.41, 5.74) is 5.27. The van der Waals surface area contributed by atoms with Crippen LogP contribution in [0.5, 0.6) is 5.75 Å². The summed E-state index contributed by atoms with van der Waals surface area (Å²) >= 11 is 0. The molecule has 1 aromatic carbocycles. The summed E-state index contributed by atoms with van der Waals surface area (Å²) in [6, 6.07) is 6.29. The molecule has 1 spiro atoms. The van der Waals surface area contributed by atoms with E-state index >= 15 is 0 Å². The van der Waals surface area contributed by atoms with Crippen LogP contribution in [-0.4, -0.2) is 30.5 Å². The molecular formula is C19H21N2O2+. The summed E-state index contributed by atoms with van der Waals surface area (Å²) < 4.78 is 0. The second-order valence-corrected chi connectivity index (χ2v) is 7.28. The van der Waals surface area contributed by atoms with Crippen molar-refractivity contribution in [1.82, 2.24) is 0 Å². The summed E-state index contributed by atoms with van der Waals surface area (Å²) in [5, 5.41) is 13.8. The number of aldehydes is 1. The molecule has 1 aromatic rings. The molecule has 1 unspecified atom stereocenters. The van der Waals surface area contributed by atoms with Gasteiger partial charge in [0.15, 0.2) is 0 Å². The summed E-state index contributed by atoms with van der Waals surface area (Å²) in [7, 11) is 0. The smallest absolute Gasteiger partial charge is 0.148 e. The van der Waals surface area contributed by atoms with Crippen molar-refractivity contribution < 1.29 is 14.8 Å². The van der Waals surface area contributed by atoms with Gasteiger partial charge >= 0.3 is 0 Å². The van der Waals surface area contributed by atoms with Crippen LogP contribution in [0, 0.1) is 5.92 Å². The fraction of sp³-hybridized carbons (Fsp3) is 0.421. The molecule has 4 aliphatic rings. The summed E-state index contributed by atoms with van der Waals surface area (Å²) in [4.78, 5) is 13.6. The Morgan fingerprint density at radius 1 is 1.43 bits per heavy atom. The molecule has 1 aliphatic carbocycles. The molecule has 0 saturated carbocycles. The number of phenols is 1. The van der Waals surface area contributed by atoms with Crippen LogP contribution >= 0.6 is 0 Å². The van der Waals surface area contributed by atoms with Crippen molar-refractivity contribution in [3.63, 3.8) is 0 Å². The number of fused-ring (bicyclic) bond motifs is 2. The van der Waals surface area contributed by atoms with E-state index in [1.54, 1.807) is 11.0 Å². The zero-order valence-corrected chi connectivity index (χ0v) is 13.2. The Morgan fingerprint density at radius 2 is 2.30 bits per heavy atom. The van der Waals surface area contributed by atoms with E-state index in [1.807, 2.05) is 6.07 Å². The number of carbonyl (C=O) groups is 1. The van der Waals surface area contributed by atoms with Gasteiger partial charge in [-0.25, -0.2) is 0 Å². The molecule has 0 amide bonds. The highest BCUT2D eigenvalue weighted by atomic mass is 16.3. The minimum atomic E-state index is -0.102. The average Bonchev–Trinajstić information content (AvgIpc) is 3.12. The van der Waals surface area contributed by atoms with Crippen molar-refractivity contribution in [2.24, 2.45) is 5.92 Å². The van der Waals surface area contributed by atoms with E-state index in [9.17, 15) is 9.90 Å². The van der Waals surface area contributed by atoms with Gasteiger partial charge in [0.2, 0.25) is 0 Å². The van der Waals surface area contributed by atoms with E-state index in [2.05, 4.69) is 24.4 Å². The lowest BCUT2D eigenvalue weighted by atomic mass is 9.62. The van der Waals surface area contributed by atoms with Gasteiger partial charge in [-0.3, -0.25) is 4.79 Å². The van der Waals surface area contributed by atoms with Gasteiger partial charge in [0.1, 0.15) is 18.1 Å².